The molecule has 1 aromatic heterocycles. The van der Waals surface area contributed by atoms with Crippen molar-refractivity contribution in [2.75, 3.05) is 48.6 Å². The molecule has 0 radical (unpaired) electrons. The highest BCUT2D eigenvalue weighted by Gasteiger charge is 2.36. The van der Waals surface area contributed by atoms with Crippen molar-refractivity contribution < 1.29 is 47.7 Å². The molecule has 0 aliphatic carbocycles. The number of phosphoric ester groups is 1. The number of aldehydes is 1. The van der Waals surface area contributed by atoms with Crippen LogP contribution in [-0.4, -0.2) is 79.6 Å². The molecule has 0 fully saturated rings. The molecule has 1 unspecified atom stereocenters. The van der Waals surface area contributed by atoms with Gasteiger partial charge in [-0.2, -0.15) is 5.26 Å². The average Bonchev–Trinajstić information content (AvgIpc) is 3.09. The molecule has 0 spiro atoms. The van der Waals surface area contributed by atoms with E-state index >= 15 is 0 Å². The van der Waals surface area contributed by atoms with Crippen molar-refractivity contribution in [3.8, 4) is 34.8 Å². The van der Waals surface area contributed by atoms with Gasteiger partial charge >= 0.3 is 7.82 Å². The summed E-state index contributed by atoms with van der Waals surface area (Å²) >= 11 is 0. The van der Waals surface area contributed by atoms with Gasteiger partial charge in [-0.3, -0.25) is 14.3 Å². The van der Waals surface area contributed by atoms with Gasteiger partial charge in [-0.25, -0.2) is 4.57 Å². The Hall–Kier alpha value is -4.18. The maximum absolute atomic E-state index is 10.7. The summed E-state index contributed by atoms with van der Waals surface area (Å²) < 4.78 is 36.2. The number of aromatic hydroxyl groups is 1. The Bertz CT molecular complexity index is 1620. The number of aryl methyl sites for hydroxylation is 1. The lowest BCUT2D eigenvalue weighted by atomic mass is 9.69. The average molecular weight is 702 g/mol. The first-order valence-electron chi connectivity index (χ1n) is 15.6. The largest absolute Gasteiger partial charge is 0.505 e. The zero-order valence-electron chi connectivity index (χ0n) is 29.4. The van der Waals surface area contributed by atoms with E-state index in [0.29, 0.717) is 17.8 Å². The second kappa shape index (κ2) is 19.1. The van der Waals surface area contributed by atoms with Crippen LogP contribution in [0.2, 0.25) is 0 Å². The van der Waals surface area contributed by atoms with Crippen molar-refractivity contribution in [3.05, 3.63) is 70.5 Å². The quantitative estimate of drug-likeness (QED) is 0.117. The maximum atomic E-state index is 10.7. The molecule has 0 aliphatic rings. The summed E-state index contributed by atoms with van der Waals surface area (Å²) in [7, 11) is 4.06. The lowest BCUT2D eigenvalue weighted by Gasteiger charge is -2.32. The molecular formula is C35H48N3O10P. The van der Waals surface area contributed by atoms with E-state index in [1.165, 1.54) is 18.7 Å². The van der Waals surface area contributed by atoms with Crippen LogP contribution in [0.25, 0.3) is 0 Å². The normalized spacial score (nSPS) is 12.4. The number of methoxy groups -OCH3 is 4. The number of ether oxygens (including phenoxy) is 4. The third kappa shape index (κ3) is 11.4. The zero-order valence-corrected chi connectivity index (χ0v) is 30.3. The van der Waals surface area contributed by atoms with Crippen molar-refractivity contribution in [2.24, 2.45) is 5.92 Å². The molecule has 3 aromatic rings. The molecule has 0 saturated carbocycles. The first kappa shape index (κ1) is 41.0. The van der Waals surface area contributed by atoms with Gasteiger partial charge in [0.2, 0.25) is 0 Å². The topological polar surface area (TPSA) is 181 Å². The molecule has 0 aliphatic heterocycles. The Labute approximate surface area is 288 Å². The molecule has 3 N–H and O–H groups in total. The number of carbonyl (C=O) groups is 1. The summed E-state index contributed by atoms with van der Waals surface area (Å²) in [5.74, 6) is 2.67. The van der Waals surface area contributed by atoms with Crippen molar-refractivity contribution >= 4 is 14.1 Å². The third-order valence-electron chi connectivity index (χ3n) is 8.29. The smallest absolute Gasteiger partial charge is 0.469 e. The molecular weight excluding hydrogens is 653 g/mol. The summed E-state index contributed by atoms with van der Waals surface area (Å²) in [5.41, 5.74) is 1.89. The fourth-order valence-electron chi connectivity index (χ4n) is 5.28. The van der Waals surface area contributed by atoms with Gasteiger partial charge in [-0.1, -0.05) is 26.0 Å². The van der Waals surface area contributed by atoms with E-state index in [1.54, 1.807) is 28.4 Å². The lowest BCUT2D eigenvalue weighted by Crippen LogP contribution is -2.32. The number of benzene rings is 2. The van der Waals surface area contributed by atoms with E-state index in [2.05, 4.69) is 47.4 Å². The summed E-state index contributed by atoms with van der Waals surface area (Å²) in [5, 5.41) is 19.7. The molecule has 3 rings (SSSR count). The van der Waals surface area contributed by atoms with Crippen molar-refractivity contribution in [1.82, 2.24) is 9.88 Å². The van der Waals surface area contributed by atoms with E-state index in [9.17, 15) is 19.7 Å². The minimum Gasteiger partial charge on any atom is -0.505 e. The van der Waals surface area contributed by atoms with Crippen LogP contribution < -0.4 is 18.9 Å². The van der Waals surface area contributed by atoms with Crippen LogP contribution in [0.3, 0.4) is 0 Å². The Balaban J connectivity index is 0.000000435. The third-order valence-corrected chi connectivity index (χ3v) is 8.75. The van der Waals surface area contributed by atoms with E-state index in [-0.39, 0.29) is 28.5 Å². The van der Waals surface area contributed by atoms with Crippen LogP contribution in [-0.2, 0) is 27.5 Å². The number of rotatable bonds is 17. The van der Waals surface area contributed by atoms with Crippen molar-refractivity contribution in [2.45, 2.75) is 52.1 Å². The Kier molecular flexibility index (Phi) is 16.0. The number of nitrogens with zero attached hydrogens (tertiary/aromatic N) is 3. The highest BCUT2D eigenvalue weighted by molar-refractivity contribution is 7.46. The van der Waals surface area contributed by atoms with Crippen LogP contribution in [0.1, 0.15) is 59.4 Å². The maximum Gasteiger partial charge on any atom is 0.469 e. The molecule has 0 saturated heterocycles. The minimum atomic E-state index is -4.61. The lowest BCUT2D eigenvalue weighted by molar-refractivity contribution is 0.111. The molecule has 0 amide bonds. The number of aromatic nitrogens is 1. The number of likely N-dealkylation sites (N-methyl/N-ethyl adjacent to an activating group) is 1. The molecule has 268 valence electrons. The summed E-state index contributed by atoms with van der Waals surface area (Å²) in [6.07, 6.45) is 4.21. The molecule has 0 bridgehead atoms. The molecule has 1 atom stereocenters. The second-order valence-corrected chi connectivity index (χ2v) is 12.9. The number of nitriles is 1. The van der Waals surface area contributed by atoms with Gasteiger partial charge in [-0.15, -0.1) is 0 Å². The number of hydrogen-bond acceptors (Lipinski definition) is 11. The second-order valence-electron chi connectivity index (χ2n) is 11.7. The highest BCUT2D eigenvalue weighted by atomic mass is 31.2. The Morgan fingerprint density at radius 2 is 1.57 bits per heavy atom. The fourth-order valence-corrected chi connectivity index (χ4v) is 5.59. The van der Waals surface area contributed by atoms with Crippen LogP contribution in [0, 0.1) is 24.2 Å². The van der Waals surface area contributed by atoms with E-state index in [0.717, 1.165) is 49.4 Å². The van der Waals surface area contributed by atoms with Crippen LogP contribution in [0.15, 0.2) is 42.6 Å². The standard InChI is InChI=1S/C27H38N2O4.C8H10NO6P/c1-20(2)27(19-28,22-10-12-24(31-5)26(18-22)33-7)14-8-15-29(3)16-13-21-9-11-23(30-4)25(17-21)32-6;1-5-8(11)7(3-10)6(2-9-5)4-15-16(12,13)14/h9-12,17-18,20H,8,13-16H2,1-7H3;2-3,11H,4H2,1H3,(H2,12,13,14). The Morgan fingerprint density at radius 1 is 0.980 bits per heavy atom. The van der Waals surface area contributed by atoms with Crippen LogP contribution in [0.5, 0.6) is 28.7 Å². The van der Waals surface area contributed by atoms with Gasteiger partial charge in [0.15, 0.2) is 29.3 Å². The fraction of sp³-hybridized carbons (Fsp3) is 0.457. The van der Waals surface area contributed by atoms with Gasteiger partial charge in [-0.05, 0) is 81.1 Å². The van der Waals surface area contributed by atoms with E-state index in [4.69, 9.17) is 28.7 Å². The zero-order chi connectivity index (χ0) is 36.8. The van der Waals surface area contributed by atoms with E-state index in [1.807, 2.05) is 30.3 Å². The molecule has 1 heterocycles. The number of pyridine rings is 1. The molecule has 14 heteroatoms. The highest BCUT2D eigenvalue weighted by Crippen LogP contribution is 2.41. The SMILES string of the molecule is COc1ccc(CCN(C)CCCC(C#N)(c2ccc(OC)c(OC)c2)C(C)C)cc1OC.Cc1ncc(COP(=O)(O)O)c(C=O)c1O. The van der Waals surface area contributed by atoms with Crippen LogP contribution in [0.4, 0.5) is 0 Å². The number of carbonyl (C=O) groups excluding carboxylic acids is 1. The van der Waals surface area contributed by atoms with Gasteiger partial charge in [0.1, 0.15) is 5.75 Å². The number of hydrogen-bond donors (Lipinski definition) is 3. The minimum absolute atomic E-state index is 0.0825. The van der Waals surface area contributed by atoms with Gasteiger partial charge < -0.3 is 38.7 Å². The summed E-state index contributed by atoms with van der Waals surface area (Å²) in [4.78, 5) is 33.7. The molecule has 49 heavy (non-hydrogen) atoms. The van der Waals surface area contributed by atoms with Gasteiger partial charge in [0.05, 0.1) is 57.8 Å². The number of phosphoric acid groups is 1. The van der Waals surface area contributed by atoms with E-state index < -0.39 is 19.8 Å². The first-order valence-corrected chi connectivity index (χ1v) is 17.1. The van der Waals surface area contributed by atoms with Crippen molar-refractivity contribution in [1.29, 1.82) is 5.26 Å². The van der Waals surface area contributed by atoms with Crippen molar-refractivity contribution in [3.63, 3.8) is 0 Å². The predicted octanol–water partition coefficient (Wildman–Crippen LogP) is 5.61. The summed E-state index contributed by atoms with van der Waals surface area (Å²) in [6.45, 7) is 7.06. The monoisotopic (exact) mass is 701 g/mol. The molecule has 13 nitrogen and oxygen atoms in total. The van der Waals surface area contributed by atoms with Crippen LogP contribution >= 0.6 is 7.82 Å². The summed E-state index contributed by atoms with van der Waals surface area (Å²) in [6, 6.07) is 14.5. The van der Waals surface area contributed by atoms with Gasteiger partial charge in [0.25, 0.3) is 0 Å². The molecule has 2 aromatic carbocycles. The predicted molar refractivity (Wildman–Crippen MR) is 185 cm³/mol. The first-order chi connectivity index (χ1) is 23.2. The van der Waals surface area contributed by atoms with Gasteiger partial charge in [0, 0.05) is 18.3 Å². The Morgan fingerprint density at radius 3 is 2.10 bits per heavy atom.